The zero-order chi connectivity index (χ0) is 10.8. The molecule has 0 aliphatic rings. The second kappa shape index (κ2) is 3.69. The van der Waals surface area contributed by atoms with Crippen molar-refractivity contribution in [2.45, 2.75) is 0 Å². The van der Waals surface area contributed by atoms with E-state index in [2.05, 4.69) is 0 Å². The summed E-state index contributed by atoms with van der Waals surface area (Å²) in [6, 6.07) is 9.81. The molecule has 0 saturated heterocycles. The van der Waals surface area contributed by atoms with Crippen LogP contribution < -0.4 is 0 Å². The summed E-state index contributed by atoms with van der Waals surface area (Å²) in [5, 5.41) is 9.00. The molecule has 15 heavy (non-hydrogen) atoms. The number of benzene rings is 2. The highest BCUT2D eigenvalue weighted by molar-refractivity contribution is 5.64. The lowest BCUT2D eigenvalue weighted by atomic mass is 10.1. The van der Waals surface area contributed by atoms with Crippen LogP contribution in [0.1, 0.15) is 0 Å². The van der Waals surface area contributed by atoms with Gasteiger partial charge in [-0.15, -0.1) is 0 Å². The van der Waals surface area contributed by atoms with Crippen LogP contribution in [0.2, 0.25) is 0 Å². The fourth-order valence-corrected chi connectivity index (χ4v) is 1.35. The molecule has 1 nitrogen and oxygen atoms in total. The number of phenols is 1. The Morgan fingerprint density at radius 2 is 1.60 bits per heavy atom. The van der Waals surface area contributed by atoms with Crippen LogP contribution in [0.5, 0.6) is 5.75 Å². The molecule has 1 N–H and O–H groups in total. The van der Waals surface area contributed by atoms with Crippen molar-refractivity contribution in [3.63, 3.8) is 0 Å². The first-order valence-corrected chi connectivity index (χ1v) is 4.41. The van der Waals surface area contributed by atoms with Crippen molar-refractivity contribution in [3.8, 4) is 16.9 Å². The molecule has 0 aliphatic carbocycles. The topological polar surface area (TPSA) is 20.2 Å². The maximum Gasteiger partial charge on any atom is 0.165 e. The van der Waals surface area contributed by atoms with Gasteiger partial charge in [0.25, 0.3) is 0 Å². The van der Waals surface area contributed by atoms with Crippen molar-refractivity contribution in [2.24, 2.45) is 0 Å². The molecule has 0 radical (unpaired) electrons. The fourth-order valence-electron chi connectivity index (χ4n) is 1.35. The van der Waals surface area contributed by atoms with Gasteiger partial charge in [0.15, 0.2) is 11.6 Å². The van der Waals surface area contributed by atoms with Crippen molar-refractivity contribution < 1.29 is 13.9 Å². The third-order valence-electron chi connectivity index (χ3n) is 2.11. The summed E-state index contributed by atoms with van der Waals surface area (Å²) >= 11 is 0. The maximum absolute atomic E-state index is 13.0. The molecule has 76 valence electrons. The monoisotopic (exact) mass is 206 g/mol. The van der Waals surface area contributed by atoms with Crippen molar-refractivity contribution in [3.05, 3.63) is 54.1 Å². The molecule has 0 aliphatic heterocycles. The Labute approximate surface area is 85.6 Å². The van der Waals surface area contributed by atoms with Crippen LogP contribution in [0.25, 0.3) is 11.1 Å². The Hall–Kier alpha value is -1.90. The van der Waals surface area contributed by atoms with E-state index in [9.17, 15) is 8.78 Å². The minimum absolute atomic E-state index is 0.374. The summed E-state index contributed by atoms with van der Waals surface area (Å²) in [7, 11) is 0. The van der Waals surface area contributed by atoms with Gasteiger partial charge < -0.3 is 5.11 Å². The molecule has 0 saturated carbocycles. The highest BCUT2D eigenvalue weighted by Gasteiger charge is 2.04. The van der Waals surface area contributed by atoms with E-state index >= 15 is 0 Å². The molecule has 0 heterocycles. The van der Waals surface area contributed by atoms with Crippen molar-refractivity contribution >= 4 is 0 Å². The average molecular weight is 206 g/mol. The second-order valence-corrected chi connectivity index (χ2v) is 3.18. The van der Waals surface area contributed by atoms with Gasteiger partial charge in [-0.05, 0) is 35.4 Å². The summed E-state index contributed by atoms with van der Waals surface area (Å²) in [6.45, 7) is 0. The molecule has 2 aromatic carbocycles. The zero-order valence-corrected chi connectivity index (χ0v) is 7.74. The predicted molar refractivity (Wildman–Crippen MR) is 53.5 cm³/mol. The standard InChI is InChI=1S/C12H8F2O/c13-10-3-1-2-8(6-10)9-4-5-12(15)11(14)7-9/h1-7,15H. The van der Waals surface area contributed by atoms with Gasteiger partial charge in [-0.3, -0.25) is 0 Å². The first kappa shape index (κ1) is 9.65. The van der Waals surface area contributed by atoms with Crippen LogP contribution in [0.3, 0.4) is 0 Å². The predicted octanol–water partition coefficient (Wildman–Crippen LogP) is 3.34. The lowest BCUT2D eigenvalue weighted by Gasteiger charge is -2.02. The van der Waals surface area contributed by atoms with Gasteiger partial charge >= 0.3 is 0 Å². The van der Waals surface area contributed by atoms with Crippen molar-refractivity contribution in [1.29, 1.82) is 0 Å². The summed E-state index contributed by atoms with van der Waals surface area (Å²) in [6.07, 6.45) is 0. The molecular weight excluding hydrogens is 198 g/mol. The Morgan fingerprint density at radius 1 is 0.867 bits per heavy atom. The molecular formula is C12H8F2O. The van der Waals surface area contributed by atoms with E-state index in [4.69, 9.17) is 5.11 Å². The van der Waals surface area contributed by atoms with Crippen LogP contribution in [0, 0.1) is 11.6 Å². The Bertz CT molecular complexity index is 495. The van der Waals surface area contributed by atoms with Gasteiger partial charge in [-0.1, -0.05) is 18.2 Å². The van der Waals surface area contributed by atoms with Crippen LogP contribution >= 0.6 is 0 Å². The lowest BCUT2D eigenvalue weighted by Crippen LogP contribution is -1.82. The molecule has 0 atom stereocenters. The Kier molecular flexibility index (Phi) is 2.37. The van der Waals surface area contributed by atoms with Crippen LogP contribution in [-0.2, 0) is 0 Å². The number of aromatic hydroxyl groups is 1. The van der Waals surface area contributed by atoms with E-state index in [-0.39, 0.29) is 5.82 Å². The SMILES string of the molecule is Oc1ccc(-c2cccc(F)c2)cc1F. The second-order valence-electron chi connectivity index (χ2n) is 3.18. The average Bonchev–Trinajstić information content (AvgIpc) is 2.22. The number of hydrogen-bond acceptors (Lipinski definition) is 1. The molecule has 0 fully saturated rings. The zero-order valence-electron chi connectivity index (χ0n) is 7.74. The van der Waals surface area contributed by atoms with Gasteiger partial charge in [0.2, 0.25) is 0 Å². The summed E-state index contributed by atoms with van der Waals surface area (Å²) in [5.74, 6) is -1.49. The quantitative estimate of drug-likeness (QED) is 0.758. The van der Waals surface area contributed by atoms with Crippen molar-refractivity contribution in [1.82, 2.24) is 0 Å². The van der Waals surface area contributed by atoms with Crippen molar-refractivity contribution in [2.75, 3.05) is 0 Å². The minimum Gasteiger partial charge on any atom is -0.505 e. The summed E-state index contributed by atoms with van der Waals surface area (Å²) in [4.78, 5) is 0. The molecule has 0 aromatic heterocycles. The summed E-state index contributed by atoms with van der Waals surface area (Å²) in [5.41, 5.74) is 1.11. The van der Waals surface area contributed by atoms with Crippen LogP contribution in [0.4, 0.5) is 8.78 Å². The number of halogens is 2. The highest BCUT2D eigenvalue weighted by atomic mass is 19.1. The number of phenolic OH excluding ortho intramolecular Hbond substituents is 1. The van der Waals surface area contributed by atoms with E-state index in [1.807, 2.05) is 0 Å². The maximum atomic E-state index is 13.0. The van der Waals surface area contributed by atoms with E-state index in [1.54, 1.807) is 12.1 Å². The highest BCUT2D eigenvalue weighted by Crippen LogP contribution is 2.24. The van der Waals surface area contributed by atoms with E-state index < -0.39 is 11.6 Å². The van der Waals surface area contributed by atoms with Crippen LogP contribution in [0.15, 0.2) is 42.5 Å². The van der Waals surface area contributed by atoms with Gasteiger partial charge in [0.1, 0.15) is 5.82 Å². The van der Waals surface area contributed by atoms with Gasteiger partial charge in [-0.2, -0.15) is 0 Å². The smallest absolute Gasteiger partial charge is 0.165 e. The molecule has 0 spiro atoms. The third kappa shape index (κ3) is 1.96. The molecule has 2 rings (SSSR count). The lowest BCUT2D eigenvalue weighted by molar-refractivity contribution is 0.432. The largest absolute Gasteiger partial charge is 0.505 e. The van der Waals surface area contributed by atoms with Gasteiger partial charge in [-0.25, -0.2) is 8.78 Å². The molecule has 0 bridgehead atoms. The third-order valence-corrected chi connectivity index (χ3v) is 2.11. The first-order valence-electron chi connectivity index (χ1n) is 4.41. The Morgan fingerprint density at radius 3 is 2.27 bits per heavy atom. The number of hydrogen-bond donors (Lipinski definition) is 1. The molecule has 3 heteroatoms. The molecule has 2 aromatic rings. The molecule has 0 unspecified atom stereocenters. The first-order chi connectivity index (χ1) is 7.16. The van der Waals surface area contributed by atoms with E-state index in [0.29, 0.717) is 11.1 Å². The summed E-state index contributed by atoms with van der Waals surface area (Å²) < 4.78 is 25.9. The number of rotatable bonds is 1. The normalized spacial score (nSPS) is 10.3. The van der Waals surface area contributed by atoms with E-state index in [0.717, 1.165) is 0 Å². The molecule has 0 amide bonds. The van der Waals surface area contributed by atoms with Gasteiger partial charge in [0, 0.05) is 0 Å². The van der Waals surface area contributed by atoms with E-state index in [1.165, 1.54) is 30.3 Å². The van der Waals surface area contributed by atoms with Gasteiger partial charge in [0.05, 0.1) is 0 Å². The minimum atomic E-state index is -0.711. The van der Waals surface area contributed by atoms with Crippen LogP contribution in [-0.4, -0.2) is 5.11 Å². The fraction of sp³-hybridized carbons (Fsp3) is 0. The Balaban J connectivity index is 2.50.